The number of rotatable bonds is 0. The lowest BCUT2D eigenvalue weighted by molar-refractivity contribution is 1.46. The molecule has 6 rings (SSSR count). The first kappa shape index (κ1) is 12.5. The van der Waals surface area contributed by atoms with Gasteiger partial charge in [-0.15, -0.1) is 0 Å². The second-order valence-electron chi connectivity index (χ2n) is 5.49. The molecule has 22 heavy (non-hydrogen) atoms. The van der Waals surface area contributed by atoms with Gasteiger partial charge in [0, 0.05) is 31.3 Å². The molecular weight excluding hydrogens is 344 g/mol. The molecule has 0 unspecified atom stereocenters. The largest absolute Gasteiger partial charge is 0.332 e. The van der Waals surface area contributed by atoms with Crippen LogP contribution in [-0.4, -0.2) is 0 Å². The predicted octanol–water partition coefficient (Wildman–Crippen LogP) is 6.72. The molecule has 4 aromatic rings. The standard InChI is InChI=1S/C18H8S4/c1-2-6-10-9(5-1)15-13-14-16(10)20-22-18(14)12-8-4-3-7-11(12)17(13)21-19-15/h1-8H/q+1. The Balaban J connectivity index is 2.03. The lowest BCUT2D eigenvalue weighted by atomic mass is 9.99. The summed E-state index contributed by atoms with van der Waals surface area (Å²) in [5.41, 5.74) is 0. The molecule has 4 heteroatoms. The van der Waals surface area contributed by atoms with Crippen LogP contribution in [0.3, 0.4) is 0 Å². The van der Waals surface area contributed by atoms with Gasteiger partial charge < -0.3 is 0 Å². The summed E-state index contributed by atoms with van der Waals surface area (Å²) in [6, 6.07) is 17.8. The monoisotopic (exact) mass is 352 g/mol. The van der Waals surface area contributed by atoms with E-state index in [1.54, 1.807) is 0 Å². The molecule has 1 radical (unpaired) electrons. The van der Waals surface area contributed by atoms with E-state index in [4.69, 9.17) is 0 Å². The van der Waals surface area contributed by atoms with Crippen molar-refractivity contribution in [1.29, 1.82) is 0 Å². The van der Waals surface area contributed by atoms with Gasteiger partial charge in [-0.2, -0.15) is 0 Å². The average Bonchev–Trinajstić information content (AvgIpc) is 3.19. The molecule has 0 fully saturated rings. The Morgan fingerprint density at radius 3 is 1.82 bits per heavy atom. The third-order valence-corrected chi connectivity index (χ3v) is 9.44. The maximum atomic E-state index is 2.28. The van der Waals surface area contributed by atoms with E-state index < -0.39 is 0 Å². The van der Waals surface area contributed by atoms with Crippen LogP contribution >= 0.6 is 32.4 Å². The van der Waals surface area contributed by atoms with Crippen molar-refractivity contribution < 1.29 is 0 Å². The lowest BCUT2D eigenvalue weighted by Crippen LogP contribution is -1.86. The minimum absolute atomic E-state index is 1.41. The summed E-state index contributed by atoms with van der Waals surface area (Å²) in [4.78, 5) is 5.85. The van der Waals surface area contributed by atoms with Crippen molar-refractivity contribution >= 4 is 75.5 Å². The Labute approximate surface area is 143 Å². The number of fused-ring (bicyclic) bond motifs is 6. The zero-order chi connectivity index (χ0) is 14.3. The van der Waals surface area contributed by atoms with E-state index in [9.17, 15) is 0 Å². The van der Waals surface area contributed by atoms with Crippen LogP contribution in [0.2, 0.25) is 0 Å². The summed E-state index contributed by atoms with van der Waals surface area (Å²) in [5.74, 6) is 0. The highest BCUT2D eigenvalue weighted by molar-refractivity contribution is 8.77. The number of benzene rings is 4. The molecule has 0 saturated heterocycles. The van der Waals surface area contributed by atoms with E-state index in [0.29, 0.717) is 0 Å². The van der Waals surface area contributed by atoms with E-state index in [-0.39, 0.29) is 0 Å². The summed E-state index contributed by atoms with van der Waals surface area (Å²) in [6.07, 6.45) is 0. The zero-order valence-electron chi connectivity index (χ0n) is 11.3. The second-order valence-corrected chi connectivity index (χ2v) is 9.79. The van der Waals surface area contributed by atoms with Crippen LogP contribution in [0.15, 0.2) is 68.1 Å². The molecule has 2 aliphatic rings. The second kappa shape index (κ2) is 4.32. The quantitative estimate of drug-likeness (QED) is 0.195. The van der Waals surface area contributed by atoms with Crippen LogP contribution in [0, 0.1) is 0 Å². The molecule has 0 nitrogen and oxygen atoms in total. The average molecular weight is 353 g/mol. The van der Waals surface area contributed by atoms with Crippen molar-refractivity contribution in [1.82, 2.24) is 0 Å². The minimum atomic E-state index is 1.41. The normalized spacial score (nSPS) is 15.5. The highest BCUT2D eigenvalue weighted by Crippen LogP contribution is 2.62. The SMILES string of the molecule is c1ccc2c3c4c(c5ccccc5c5c4c(c2c1)SS5)[S+]S3. The fraction of sp³-hybridized carbons (Fsp3) is 0. The third kappa shape index (κ3) is 1.38. The summed E-state index contributed by atoms with van der Waals surface area (Å²) >= 11 is 0. The van der Waals surface area contributed by atoms with Crippen molar-refractivity contribution in [2.24, 2.45) is 0 Å². The molecule has 2 aliphatic heterocycles. The first-order valence-electron chi connectivity index (χ1n) is 7.05. The van der Waals surface area contributed by atoms with Gasteiger partial charge in [-0.25, -0.2) is 0 Å². The highest BCUT2D eigenvalue weighted by atomic mass is 33.1. The molecule has 0 aromatic heterocycles. The molecular formula is C18H8S4+. The van der Waals surface area contributed by atoms with E-state index in [1.165, 1.54) is 51.9 Å². The molecule has 0 saturated carbocycles. The van der Waals surface area contributed by atoms with Gasteiger partial charge in [0.1, 0.15) is 0 Å². The Morgan fingerprint density at radius 2 is 1.14 bits per heavy atom. The lowest BCUT2D eigenvalue weighted by Gasteiger charge is -2.07. The van der Waals surface area contributed by atoms with Gasteiger partial charge in [0.25, 0.3) is 0 Å². The van der Waals surface area contributed by atoms with Gasteiger partial charge in [-0.05, 0) is 11.5 Å². The van der Waals surface area contributed by atoms with E-state index >= 15 is 0 Å². The summed E-state index contributed by atoms with van der Waals surface area (Å²) < 4.78 is 0. The van der Waals surface area contributed by atoms with Crippen LogP contribution in [0.5, 0.6) is 0 Å². The molecule has 2 heterocycles. The maximum absolute atomic E-state index is 2.28. The summed E-state index contributed by atoms with van der Waals surface area (Å²) in [6.45, 7) is 0. The number of hydrogen-bond acceptors (Lipinski definition) is 4. The molecule has 0 N–H and O–H groups in total. The molecule has 0 atom stereocenters. The smallest absolute Gasteiger partial charge is 0.0616 e. The molecule has 0 aliphatic carbocycles. The summed E-state index contributed by atoms with van der Waals surface area (Å²) in [5, 5.41) is 8.65. The topological polar surface area (TPSA) is 0 Å². The predicted molar refractivity (Wildman–Crippen MR) is 102 cm³/mol. The third-order valence-electron chi connectivity index (χ3n) is 4.41. The zero-order valence-corrected chi connectivity index (χ0v) is 14.5. The van der Waals surface area contributed by atoms with Crippen molar-refractivity contribution in [3.63, 3.8) is 0 Å². The van der Waals surface area contributed by atoms with Crippen molar-refractivity contribution in [3.8, 4) is 0 Å². The first-order valence-corrected chi connectivity index (χ1v) is 11.4. The Hall–Kier alpha value is -0.940. The van der Waals surface area contributed by atoms with E-state index in [2.05, 4.69) is 48.5 Å². The molecule has 0 amide bonds. The molecule has 0 bridgehead atoms. The minimum Gasteiger partial charge on any atom is -0.0616 e. The Bertz CT molecular complexity index is 955. The maximum Gasteiger partial charge on any atom is 0.332 e. The first-order chi connectivity index (χ1) is 10.9. The van der Waals surface area contributed by atoms with Crippen LogP contribution in [0.1, 0.15) is 0 Å². The van der Waals surface area contributed by atoms with Crippen molar-refractivity contribution in [3.05, 3.63) is 48.5 Å². The van der Waals surface area contributed by atoms with Crippen LogP contribution in [-0.2, 0) is 10.8 Å². The van der Waals surface area contributed by atoms with E-state index in [1.807, 2.05) is 43.2 Å². The fourth-order valence-electron chi connectivity index (χ4n) is 3.47. The summed E-state index contributed by atoms with van der Waals surface area (Å²) in [7, 11) is 7.74. The van der Waals surface area contributed by atoms with Crippen molar-refractivity contribution in [2.45, 2.75) is 19.6 Å². The Kier molecular flexibility index (Phi) is 2.45. The van der Waals surface area contributed by atoms with Gasteiger partial charge in [0.05, 0.1) is 10.3 Å². The highest BCUT2D eigenvalue weighted by Gasteiger charge is 2.39. The Morgan fingerprint density at radius 1 is 0.591 bits per heavy atom. The van der Waals surface area contributed by atoms with Gasteiger partial charge >= 0.3 is 10.8 Å². The van der Waals surface area contributed by atoms with Gasteiger partial charge in [0.15, 0.2) is 10.8 Å². The van der Waals surface area contributed by atoms with Crippen LogP contribution in [0.4, 0.5) is 0 Å². The van der Waals surface area contributed by atoms with Crippen LogP contribution < -0.4 is 0 Å². The van der Waals surface area contributed by atoms with Gasteiger partial charge in [0.2, 0.25) is 4.90 Å². The molecule has 103 valence electrons. The molecule has 0 spiro atoms. The van der Waals surface area contributed by atoms with Gasteiger partial charge in [-0.1, -0.05) is 64.1 Å². The van der Waals surface area contributed by atoms with Gasteiger partial charge in [-0.3, -0.25) is 0 Å². The van der Waals surface area contributed by atoms with Crippen molar-refractivity contribution in [2.75, 3.05) is 0 Å². The fourth-order valence-corrected chi connectivity index (χ4v) is 9.23. The number of hydrogen-bond donors (Lipinski definition) is 0. The van der Waals surface area contributed by atoms with E-state index in [0.717, 1.165) is 0 Å². The molecule has 4 aromatic carbocycles. The van der Waals surface area contributed by atoms with Crippen LogP contribution in [0.25, 0.3) is 32.3 Å².